The number of nitrogens with zero attached hydrogens (tertiary/aromatic N) is 1. The van der Waals surface area contributed by atoms with Crippen LogP contribution in [0.1, 0.15) is 24.0 Å². The number of halogens is 3. The topological polar surface area (TPSA) is 97.9 Å². The molecular weight excluding hydrogens is 501 g/mol. The average Bonchev–Trinajstić information content (AvgIpc) is 3.36. The van der Waals surface area contributed by atoms with Crippen LogP contribution >= 0.6 is 0 Å². The lowest BCUT2D eigenvalue weighted by molar-refractivity contribution is -0.137. The zero-order chi connectivity index (χ0) is 26.1. The monoisotopic (exact) mass is 526 g/mol. The van der Waals surface area contributed by atoms with Crippen LogP contribution in [0.4, 0.5) is 13.2 Å². The lowest BCUT2D eigenvalue weighted by Crippen LogP contribution is -2.38. The number of benzene rings is 2. The molecule has 2 heterocycles. The van der Waals surface area contributed by atoms with Gasteiger partial charge in [0.1, 0.15) is 0 Å². The summed E-state index contributed by atoms with van der Waals surface area (Å²) in [5.41, 5.74) is -1.05. The highest BCUT2D eigenvalue weighted by Gasteiger charge is 2.34. The van der Waals surface area contributed by atoms with Crippen LogP contribution in [0.2, 0.25) is 0 Å². The predicted octanol–water partition coefficient (Wildman–Crippen LogP) is 3.93. The molecule has 0 unspecified atom stereocenters. The number of aromatic amines is 1. The number of alkyl halides is 3. The molecule has 1 saturated heterocycles. The summed E-state index contributed by atoms with van der Waals surface area (Å²) in [6.45, 7) is -0.0135. The molecule has 1 N–H and O–H groups in total. The Labute approximate surface area is 205 Å². The maximum Gasteiger partial charge on any atom is 0.416 e. The minimum absolute atomic E-state index is 0.109. The Morgan fingerprint density at radius 1 is 1.11 bits per heavy atom. The Balaban J connectivity index is 1.76. The van der Waals surface area contributed by atoms with E-state index in [4.69, 9.17) is 14.2 Å². The van der Waals surface area contributed by atoms with Crippen molar-refractivity contribution in [2.24, 2.45) is 0 Å². The van der Waals surface area contributed by atoms with Crippen molar-refractivity contribution in [2.45, 2.75) is 36.6 Å². The van der Waals surface area contributed by atoms with Gasteiger partial charge in [0.05, 0.1) is 36.3 Å². The van der Waals surface area contributed by atoms with E-state index in [2.05, 4.69) is 4.98 Å². The van der Waals surface area contributed by atoms with Crippen molar-refractivity contribution < 1.29 is 35.8 Å². The van der Waals surface area contributed by atoms with Gasteiger partial charge in [-0.05, 0) is 43.2 Å². The zero-order valence-corrected chi connectivity index (χ0v) is 20.4. The third kappa shape index (κ3) is 5.35. The summed E-state index contributed by atoms with van der Waals surface area (Å²) in [7, 11) is -1.49. The van der Waals surface area contributed by atoms with Crippen LogP contribution in [0.3, 0.4) is 0 Å². The molecule has 1 aliphatic rings. The van der Waals surface area contributed by atoms with Crippen molar-refractivity contribution in [2.75, 3.05) is 27.4 Å². The van der Waals surface area contributed by atoms with Crippen molar-refractivity contribution in [1.29, 1.82) is 0 Å². The third-order valence-corrected chi connectivity index (χ3v) is 7.81. The molecule has 1 fully saturated rings. The summed E-state index contributed by atoms with van der Waals surface area (Å²) < 4.78 is 83.9. The standard InChI is InChI=1S/C24H25F3N2O6S/c1-33-21-10-15-9-16(23(30)28-20(15)12-22(21)34-2)13-29(14-18-6-4-8-35-18)36(31,32)19-7-3-5-17(11-19)24(25,26)27/h3,5,7,9-12,18H,4,6,8,13-14H2,1-2H3,(H,28,30)/t18-/m0/s1. The van der Waals surface area contributed by atoms with E-state index in [-0.39, 0.29) is 18.7 Å². The molecule has 0 radical (unpaired) electrons. The molecule has 1 atom stereocenters. The molecule has 12 heteroatoms. The molecule has 8 nitrogen and oxygen atoms in total. The second kappa shape index (κ2) is 10.1. The number of rotatable bonds is 8. The number of fused-ring (bicyclic) bond motifs is 1. The maximum absolute atomic E-state index is 13.5. The third-order valence-electron chi connectivity index (χ3n) is 6.00. The minimum atomic E-state index is -4.71. The van der Waals surface area contributed by atoms with Gasteiger partial charge in [0, 0.05) is 36.7 Å². The molecule has 1 aromatic heterocycles. The van der Waals surface area contributed by atoms with Crippen molar-refractivity contribution in [3.8, 4) is 11.5 Å². The number of pyridine rings is 1. The Kier molecular flexibility index (Phi) is 7.30. The van der Waals surface area contributed by atoms with Crippen molar-refractivity contribution in [3.05, 3.63) is 63.9 Å². The quantitative estimate of drug-likeness (QED) is 0.478. The van der Waals surface area contributed by atoms with Gasteiger partial charge in [-0.15, -0.1) is 0 Å². The first-order chi connectivity index (χ1) is 17.0. The highest BCUT2D eigenvalue weighted by atomic mass is 32.2. The fourth-order valence-corrected chi connectivity index (χ4v) is 5.63. The van der Waals surface area contributed by atoms with Crippen molar-refractivity contribution >= 4 is 20.9 Å². The number of H-pyrrole nitrogens is 1. The van der Waals surface area contributed by atoms with Crippen LogP contribution in [0.25, 0.3) is 10.9 Å². The number of aromatic nitrogens is 1. The number of methoxy groups -OCH3 is 2. The molecule has 3 aromatic rings. The van der Waals surface area contributed by atoms with Crippen LogP contribution in [-0.2, 0) is 27.5 Å². The summed E-state index contributed by atoms with van der Waals surface area (Å²) in [5, 5.41) is 0.566. The van der Waals surface area contributed by atoms with Crippen molar-refractivity contribution in [1.82, 2.24) is 9.29 Å². The van der Waals surface area contributed by atoms with Crippen LogP contribution in [0, 0.1) is 0 Å². The first-order valence-corrected chi connectivity index (χ1v) is 12.5. The number of hydrogen-bond acceptors (Lipinski definition) is 6. The molecule has 1 aliphatic heterocycles. The zero-order valence-electron chi connectivity index (χ0n) is 19.6. The van der Waals surface area contributed by atoms with Gasteiger partial charge < -0.3 is 19.2 Å². The summed E-state index contributed by atoms with van der Waals surface area (Å²) in [4.78, 5) is 15.1. The normalized spacial score (nSPS) is 16.6. The average molecular weight is 527 g/mol. The molecule has 0 spiro atoms. The molecule has 36 heavy (non-hydrogen) atoms. The first-order valence-electron chi connectivity index (χ1n) is 11.1. The van der Waals surface area contributed by atoms with E-state index in [9.17, 15) is 26.4 Å². The number of nitrogens with one attached hydrogen (secondary N) is 1. The molecule has 194 valence electrons. The highest BCUT2D eigenvalue weighted by Crippen LogP contribution is 2.33. The predicted molar refractivity (Wildman–Crippen MR) is 126 cm³/mol. The van der Waals surface area contributed by atoms with Crippen molar-refractivity contribution in [3.63, 3.8) is 0 Å². The van der Waals surface area contributed by atoms with E-state index in [1.165, 1.54) is 20.3 Å². The first kappa shape index (κ1) is 26.0. The summed E-state index contributed by atoms with van der Waals surface area (Å²) in [6.07, 6.45) is -3.81. The largest absolute Gasteiger partial charge is 0.493 e. The molecule has 0 bridgehead atoms. The van der Waals surface area contributed by atoms with Gasteiger partial charge in [-0.3, -0.25) is 4.79 Å². The second-order valence-corrected chi connectivity index (χ2v) is 10.3. The Bertz CT molecular complexity index is 1420. The van der Waals surface area contributed by atoms with Gasteiger partial charge in [0.25, 0.3) is 5.56 Å². The van der Waals surface area contributed by atoms with E-state index >= 15 is 0 Å². The van der Waals surface area contributed by atoms with Crippen LogP contribution in [0.15, 0.2) is 52.2 Å². The molecule has 4 rings (SSSR count). The molecule has 2 aromatic carbocycles. The summed E-state index contributed by atoms with van der Waals surface area (Å²) in [6, 6.07) is 8.30. The minimum Gasteiger partial charge on any atom is -0.493 e. The van der Waals surface area contributed by atoms with E-state index in [0.29, 0.717) is 41.5 Å². The SMILES string of the molecule is COc1cc2cc(CN(C[C@@H]3CCCO3)S(=O)(=O)c3cccc(C(F)(F)F)c3)c(=O)[nH]c2cc1OC. The van der Waals surface area contributed by atoms with Gasteiger partial charge >= 0.3 is 6.18 Å². The van der Waals surface area contributed by atoms with Gasteiger partial charge in [-0.1, -0.05) is 6.07 Å². The summed E-state index contributed by atoms with van der Waals surface area (Å²) in [5.74, 6) is 0.816. The fourth-order valence-electron chi connectivity index (χ4n) is 4.13. The lowest BCUT2D eigenvalue weighted by atomic mass is 10.1. The van der Waals surface area contributed by atoms with Gasteiger partial charge in [0.2, 0.25) is 10.0 Å². The van der Waals surface area contributed by atoms with Gasteiger partial charge in [-0.2, -0.15) is 17.5 Å². The van der Waals surface area contributed by atoms with Gasteiger partial charge in [-0.25, -0.2) is 8.42 Å². The lowest BCUT2D eigenvalue weighted by Gasteiger charge is -2.25. The van der Waals surface area contributed by atoms with Crippen LogP contribution < -0.4 is 15.0 Å². The van der Waals surface area contributed by atoms with E-state index in [0.717, 1.165) is 28.9 Å². The molecular formula is C24H25F3N2O6S. The smallest absolute Gasteiger partial charge is 0.416 e. The molecule has 0 saturated carbocycles. The van der Waals surface area contributed by atoms with E-state index in [1.54, 1.807) is 12.1 Å². The summed E-state index contributed by atoms with van der Waals surface area (Å²) >= 11 is 0. The number of hydrogen-bond donors (Lipinski definition) is 1. The Morgan fingerprint density at radius 2 is 1.83 bits per heavy atom. The Hall–Kier alpha value is -3.09. The van der Waals surface area contributed by atoms with E-state index in [1.807, 2.05) is 0 Å². The van der Waals surface area contributed by atoms with Crippen LogP contribution in [-0.4, -0.2) is 51.2 Å². The number of ether oxygens (including phenoxy) is 3. The van der Waals surface area contributed by atoms with E-state index < -0.39 is 38.3 Å². The van der Waals surface area contributed by atoms with Crippen LogP contribution in [0.5, 0.6) is 11.5 Å². The number of sulfonamides is 1. The molecule has 0 amide bonds. The highest BCUT2D eigenvalue weighted by molar-refractivity contribution is 7.89. The van der Waals surface area contributed by atoms with Gasteiger partial charge in [0.15, 0.2) is 11.5 Å². The maximum atomic E-state index is 13.5. The Morgan fingerprint density at radius 3 is 2.47 bits per heavy atom. The second-order valence-electron chi connectivity index (χ2n) is 8.38. The fraction of sp³-hybridized carbons (Fsp3) is 0.375. The molecule has 0 aliphatic carbocycles.